The van der Waals surface area contributed by atoms with Gasteiger partial charge in [-0.1, -0.05) is 0 Å². The van der Waals surface area contributed by atoms with E-state index in [1.54, 1.807) is 19.6 Å². The van der Waals surface area contributed by atoms with Crippen LogP contribution in [0.1, 0.15) is 29.1 Å². The van der Waals surface area contributed by atoms with Crippen LogP contribution in [0, 0.1) is 13.8 Å². The van der Waals surface area contributed by atoms with Gasteiger partial charge < -0.3 is 19.6 Å². The molecule has 0 unspecified atom stereocenters. The van der Waals surface area contributed by atoms with Crippen molar-refractivity contribution in [1.29, 1.82) is 0 Å². The zero-order valence-electron chi connectivity index (χ0n) is 15.5. The standard InChI is InChI=1S/C19H25N5O2/c1-13-8-16-17(9-14(13)2)23-18(22-16)4-5-19(25)21-11-15-10-20-12-24(15)6-7-26-3/h8-10,12H,4-7,11H2,1-3H3,(H,21,25)(H,22,23). The number of nitrogens with one attached hydrogen (secondary N) is 2. The second-order valence-corrected chi connectivity index (χ2v) is 6.49. The fourth-order valence-corrected chi connectivity index (χ4v) is 2.84. The predicted octanol–water partition coefficient (Wildman–Crippen LogP) is 2.27. The Kier molecular flexibility index (Phi) is 5.68. The molecule has 0 fully saturated rings. The highest BCUT2D eigenvalue weighted by atomic mass is 16.5. The van der Waals surface area contributed by atoms with Gasteiger partial charge in [-0.05, 0) is 37.1 Å². The fourth-order valence-electron chi connectivity index (χ4n) is 2.84. The number of imidazole rings is 2. The molecule has 0 aliphatic heterocycles. The van der Waals surface area contributed by atoms with Gasteiger partial charge in [-0.3, -0.25) is 4.79 Å². The van der Waals surface area contributed by atoms with Gasteiger partial charge in [-0.2, -0.15) is 0 Å². The van der Waals surface area contributed by atoms with E-state index >= 15 is 0 Å². The van der Waals surface area contributed by atoms with E-state index in [0.717, 1.165) is 29.1 Å². The number of carbonyl (C=O) groups is 1. The summed E-state index contributed by atoms with van der Waals surface area (Å²) in [5.74, 6) is 0.836. The summed E-state index contributed by atoms with van der Waals surface area (Å²) in [7, 11) is 1.67. The first-order chi connectivity index (χ1) is 12.6. The van der Waals surface area contributed by atoms with Crippen molar-refractivity contribution in [3.05, 3.63) is 47.3 Å². The van der Waals surface area contributed by atoms with E-state index in [2.05, 4.69) is 46.2 Å². The third kappa shape index (κ3) is 4.29. The normalized spacial score (nSPS) is 11.2. The molecule has 0 saturated heterocycles. The van der Waals surface area contributed by atoms with Gasteiger partial charge >= 0.3 is 0 Å². The maximum absolute atomic E-state index is 12.2. The van der Waals surface area contributed by atoms with Crippen molar-refractivity contribution >= 4 is 16.9 Å². The molecule has 0 saturated carbocycles. The Bertz CT molecular complexity index is 858. The molecule has 1 amide bonds. The van der Waals surface area contributed by atoms with Crippen LogP contribution >= 0.6 is 0 Å². The average Bonchev–Trinajstić information content (AvgIpc) is 3.23. The van der Waals surface area contributed by atoms with Gasteiger partial charge in [0.15, 0.2) is 0 Å². The number of aromatic nitrogens is 4. The summed E-state index contributed by atoms with van der Waals surface area (Å²) in [5.41, 5.74) is 5.38. The van der Waals surface area contributed by atoms with Crippen molar-refractivity contribution in [2.45, 2.75) is 39.8 Å². The number of ether oxygens (including phenoxy) is 1. The van der Waals surface area contributed by atoms with E-state index in [0.29, 0.717) is 26.0 Å². The van der Waals surface area contributed by atoms with Gasteiger partial charge in [0.25, 0.3) is 0 Å². The lowest BCUT2D eigenvalue weighted by Crippen LogP contribution is -2.24. The zero-order chi connectivity index (χ0) is 18.5. The highest BCUT2D eigenvalue weighted by Crippen LogP contribution is 2.17. The highest BCUT2D eigenvalue weighted by Gasteiger charge is 2.09. The van der Waals surface area contributed by atoms with Crippen LogP contribution in [-0.2, 0) is 29.0 Å². The Morgan fingerprint density at radius 1 is 1.31 bits per heavy atom. The summed E-state index contributed by atoms with van der Waals surface area (Å²) in [4.78, 5) is 24.2. The number of fused-ring (bicyclic) bond motifs is 1. The summed E-state index contributed by atoms with van der Waals surface area (Å²) < 4.78 is 7.06. The highest BCUT2D eigenvalue weighted by molar-refractivity contribution is 5.78. The topological polar surface area (TPSA) is 84.8 Å². The summed E-state index contributed by atoms with van der Waals surface area (Å²) >= 11 is 0. The maximum Gasteiger partial charge on any atom is 0.220 e. The Balaban J connectivity index is 1.52. The van der Waals surface area contributed by atoms with Crippen molar-refractivity contribution in [2.75, 3.05) is 13.7 Å². The molecule has 0 aliphatic carbocycles. The van der Waals surface area contributed by atoms with Gasteiger partial charge in [0.2, 0.25) is 5.91 Å². The molecule has 138 valence electrons. The SMILES string of the molecule is COCCn1cncc1CNC(=O)CCc1nc2cc(C)c(C)cc2[nH]1. The van der Waals surface area contributed by atoms with Crippen LogP contribution in [0.15, 0.2) is 24.7 Å². The first-order valence-corrected chi connectivity index (χ1v) is 8.77. The molecule has 26 heavy (non-hydrogen) atoms. The third-order valence-electron chi connectivity index (χ3n) is 4.54. The number of aromatic amines is 1. The molecule has 1 aromatic carbocycles. The second-order valence-electron chi connectivity index (χ2n) is 6.49. The van der Waals surface area contributed by atoms with Gasteiger partial charge in [0, 0.05) is 32.7 Å². The maximum atomic E-state index is 12.2. The summed E-state index contributed by atoms with van der Waals surface area (Å²) in [6.45, 7) is 5.96. The van der Waals surface area contributed by atoms with Gasteiger partial charge in [0.1, 0.15) is 5.82 Å². The first-order valence-electron chi connectivity index (χ1n) is 8.77. The minimum absolute atomic E-state index is 0.00249. The van der Waals surface area contributed by atoms with Gasteiger partial charge in [-0.25, -0.2) is 9.97 Å². The van der Waals surface area contributed by atoms with Crippen molar-refractivity contribution in [3.63, 3.8) is 0 Å². The van der Waals surface area contributed by atoms with Crippen LogP contribution in [0.5, 0.6) is 0 Å². The van der Waals surface area contributed by atoms with E-state index in [1.165, 1.54) is 11.1 Å². The number of aryl methyl sites for hydroxylation is 3. The molecule has 0 aliphatic rings. The molecule has 2 heterocycles. The second kappa shape index (κ2) is 8.14. The molecule has 7 heteroatoms. The quantitative estimate of drug-likeness (QED) is 0.649. The summed E-state index contributed by atoms with van der Waals surface area (Å²) in [6, 6.07) is 4.17. The van der Waals surface area contributed by atoms with Gasteiger partial charge in [0.05, 0.1) is 36.2 Å². The number of hydrogen-bond acceptors (Lipinski definition) is 4. The van der Waals surface area contributed by atoms with E-state index in [1.807, 2.05) is 4.57 Å². The monoisotopic (exact) mass is 355 g/mol. The van der Waals surface area contributed by atoms with Crippen LogP contribution < -0.4 is 5.32 Å². The fraction of sp³-hybridized carbons (Fsp3) is 0.421. The Labute approximate surface area is 152 Å². The molecule has 2 aromatic heterocycles. The molecule has 3 rings (SSSR count). The van der Waals surface area contributed by atoms with Crippen LogP contribution in [0.25, 0.3) is 11.0 Å². The number of nitrogens with zero attached hydrogens (tertiary/aromatic N) is 3. The van der Waals surface area contributed by atoms with Crippen molar-refractivity contribution < 1.29 is 9.53 Å². The Hall–Kier alpha value is -2.67. The predicted molar refractivity (Wildman–Crippen MR) is 99.8 cm³/mol. The Morgan fingerprint density at radius 2 is 2.12 bits per heavy atom. The molecule has 0 bridgehead atoms. The number of H-pyrrole nitrogens is 1. The molecular formula is C19H25N5O2. The molecule has 0 spiro atoms. The molecule has 0 radical (unpaired) electrons. The largest absolute Gasteiger partial charge is 0.383 e. The minimum Gasteiger partial charge on any atom is -0.383 e. The van der Waals surface area contributed by atoms with Crippen LogP contribution in [0.2, 0.25) is 0 Å². The van der Waals surface area contributed by atoms with Crippen molar-refractivity contribution in [2.24, 2.45) is 0 Å². The number of hydrogen-bond donors (Lipinski definition) is 2. The Morgan fingerprint density at radius 3 is 2.92 bits per heavy atom. The number of carbonyl (C=O) groups excluding carboxylic acids is 1. The van der Waals surface area contributed by atoms with Crippen molar-refractivity contribution in [3.8, 4) is 0 Å². The minimum atomic E-state index is -0.00249. The molecule has 3 aromatic rings. The smallest absolute Gasteiger partial charge is 0.220 e. The third-order valence-corrected chi connectivity index (χ3v) is 4.54. The lowest BCUT2D eigenvalue weighted by molar-refractivity contribution is -0.121. The van der Waals surface area contributed by atoms with E-state index in [9.17, 15) is 4.79 Å². The lowest BCUT2D eigenvalue weighted by Gasteiger charge is -2.08. The van der Waals surface area contributed by atoms with E-state index in [-0.39, 0.29) is 5.91 Å². The molecular weight excluding hydrogens is 330 g/mol. The molecule has 2 N–H and O–H groups in total. The van der Waals surface area contributed by atoms with Crippen LogP contribution in [0.4, 0.5) is 0 Å². The van der Waals surface area contributed by atoms with Crippen LogP contribution in [0.3, 0.4) is 0 Å². The average molecular weight is 355 g/mol. The van der Waals surface area contributed by atoms with E-state index < -0.39 is 0 Å². The molecule has 7 nitrogen and oxygen atoms in total. The number of amides is 1. The van der Waals surface area contributed by atoms with Crippen molar-refractivity contribution in [1.82, 2.24) is 24.8 Å². The first kappa shape index (κ1) is 18.1. The van der Waals surface area contributed by atoms with Gasteiger partial charge in [-0.15, -0.1) is 0 Å². The summed E-state index contributed by atoms with van der Waals surface area (Å²) in [6.07, 6.45) is 4.49. The molecule has 0 atom stereocenters. The number of rotatable bonds is 8. The number of benzene rings is 1. The van der Waals surface area contributed by atoms with E-state index in [4.69, 9.17) is 4.74 Å². The lowest BCUT2D eigenvalue weighted by atomic mass is 10.1. The summed E-state index contributed by atoms with van der Waals surface area (Å²) in [5, 5.41) is 2.94. The zero-order valence-corrected chi connectivity index (χ0v) is 15.5. The van der Waals surface area contributed by atoms with Crippen LogP contribution in [-0.4, -0.2) is 39.1 Å². The number of methoxy groups -OCH3 is 1.